The Bertz CT molecular complexity index is 359. The minimum absolute atomic E-state index is 0.0418. The van der Waals surface area contributed by atoms with E-state index < -0.39 is 0 Å². The summed E-state index contributed by atoms with van der Waals surface area (Å²) in [7, 11) is 0. The fraction of sp³-hybridized carbons (Fsp3) is 0.467. The predicted molar refractivity (Wildman–Crippen MR) is 68.7 cm³/mol. The molecule has 0 spiro atoms. The second-order valence-electron chi connectivity index (χ2n) is 5.26. The van der Waals surface area contributed by atoms with Crippen molar-refractivity contribution in [1.82, 2.24) is 0 Å². The van der Waals surface area contributed by atoms with E-state index in [0.29, 0.717) is 0 Å². The van der Waals surface area contributed by atoms with Crippen LogP contribution in [0.1, 0.15) is 34.6 Å². The largest absolute Gasteiger partial charge is 0.0987 e. The maximum Gasteiger partial charge on any atom is 0.0114 e. The molecule has 0 heterocycles. The van der Waals surface area contributed by atoms with Gasteiger partial charge in [0.05, 0.1) is 0 Å². The van der Waals surface area contributed by atoms with Crippen LogP contribution in [-0.4, -0.2) is 0 Å². The Morgan fingerprint density at radius 2 is 1.47 bits per heavy atom. The molecule has 0 aromatic rings. The SMILES string of the molecule is C=CC1=C(/C=C\C)C(C)(C)C(=C)C1(C)C. The van der Waals surface area contributed by atoms with Crippen molar-refractivity contribution in [3.05, 3.63) is 48.1 Å². The highest BCUT2D eigenvalue weighted by Crippen LogP contribution is 2.56. The van der Waals surface area contributed by atoms with E-state index in [4.69, 9.17) is 0 Å². The van der Waals surface area contributed by atoms with Gasteiger partial charge in [0, 0.05) is 10.8 Å². The fourth-order valence-corrected chi connectivity index (χ4v) is 2.61. The van der Waals surface area contributed by atoms with E-state index in [1.165, 1.54) is 16.7 Å². The number of hydrogen-bond acceptors (Lipinski definition) is 0. The van der Waals surface area contributed by atoms with Crippen molar-refractivity contribution in [3.8, 4) is 0 Å². The molecule has 0 atom stereocenters. The lowest BCUT2D eigenvalue weighted by molar-refractivity contribution is 0.466. The molecule has 1 aliphatic rings. The first-order valence-corrected chi connectivity index (χ1v) is 5.50. The van der Waals surface area contributed by atoms with Crippen LogP contribution in [0.4, 0.5) is 0 Å². The van der Waals surface area contributed by atoms with Crippen LogP contribution in [0.3, 0.4) is 0 Å². The zero-order valence-electron chi connectivity index (χ0n) is 10.6. The van der Waals surface area contributed by atoms with Gasteiger partial charge in [-0.25, -0.2) is 0 Å². The van der Waals surface area contributed by atoms with Crippen molar-refractivity contribution in [3.63, 3.8) is 0 Å². The molecule has 0 aromatic heterocycles. The van der Waals surface area contributed by atoms with Crippen LogP contribution >= 0.6 is 0 Å². The Morgan fingerprint density at radius 1 is 1.00 bits per heavy atom. The highest BCUT2D eigenvalue weighted by molar-refractivity contribution is 5.55. The van der Waals surface area contributed by atoms with Gasteiger partial charge in [-0.05, 0) is 18.1 Å². The third-order valence-corrected chi connectivity index (χ3v) is 3.68. The molecule has 0 saturated heterocycles. The Hall–Kier alpha value is -1.04. The van der Waals surface area contributed by atoms with Gasteiger partial charge in [-0.2, -0.15) is 0 Å². The molecule has 0 aliphatic heterocycles. The quantitative estimate of drug-likeness (QED) is 0.571. The van der Waals surface area contributed by atoms with Crippen molar-refractivity contribution in [2.24, 2.45) is 10.8 Å². The Balaban J connectivity index is 3.49. The van der Waals surface area contributed by atoms with Crippen molar-refractivity contribution in [1.29, 1.82) is 0 Å². The molecule has 0 radical (unpaired) electrons. The first-order chi connectivity index (χ1) is 6.80. The minimum atomic E-state index is 0.0418. The maximum atomic E-state index is 4.27. The Kier molecular flexibility index (Phi) is 2.82. The first kappa shape index (κ1) is 12.0. The molecule has 1 rings (SSSR count). The molecule has 82 valence electrons. The van der Waals surface area contributed by atoms with Gasteiger partial charge >= 0.3 is 0 Å². The van der Waals surface area contributed by atoms with E-state index >= 15 is 0 Å². The van der Waals surface area contributed by atoms with Crippen molar-refractivity contribution in [2.75, 3.05) is 0 Å². The summed E-state index contributed by atoms with van der Waals surface area (Å²) >= 11 is 0. The highest BCUT2D eigenvalue weighted by atomic mass is 14.5. The molecular formula is C15H22. The molecule has 0 amide bonds. The molecule has 0 bridgehead atoms. The second kappa shape index (κ2) is 3.52. The summed E-state index contributed by atoms with van der Waals surface area (Å²) in [5.74, 6) is 0. The molecule has 0 unspecified atom stereocenters. The fourth-order valence-electron chi connectivity index (χ4n) is 2.61. The van der Waals surface area contributed by atoms with E-state index in [2.05, 4.69) is 59.9 Å². The van der Waals surface area contributed by atoms with Crippen LogP contribution in [0.15, 0.2) is 48.1 Å². The van der Waals surface area contributed by atoms with Gasteiger partial charge in [-0.3, -0.25) is 0 Å². The van der Waals surface area contributed by atoms with Crippen LogP contribution in [-0.2, 0) is 0 Å². The minimum Gasteiger partial charge on any atom is -0.0987 e. The Morgan fingerprint density at radius 3 is 1.87 bits per heavy atom. The molecule has 0 N–H and O–H groups in total. The van der Waals surface area contributed by atoms with E-state index in [1.807, 2.05) is 6.08 Å². The molecular weight excluding hydrogens is 180 g/mol. The molecule has 0 saturated carbocycles. The van der Waals surface area contributed by atoms with Crippen molar-refractivity contribution < 1.29 is 0 Å². The lowest BCUT2D eigenvalue weighted by atomic mass is 9.75. The average Bonchev–Trinajstić information content (AvgIpc) is 2.26. The third kappa shape index (κ3) is 1.52. The molecule has 1 aliphatic carbocycles. The molecule has 15 heavy (non-hydrogen) atoms. The van der Waals surface area contributed by atoms with Crippen LogP contribution in [0.25, 0.3) is 0 Å². The summed E-state index contributed by atoms with van der Waals surface area (Å²) < 4.78 is 0. The van der Waals surface area contributed by atoms with Gasteiger partial charge in [0.15, 0.2) is 0 Å². The Labute approximate surface area is 94.1 Å². The lowest BCUT2D eigenvalue weighted by Crippen LogP contribution is -2.19. The summed E-state index contributed by atoms with van der Waals surface area (Å²) in [6.45, 7) is 19.2. The van der Waals surface area contributed by atoms with E-state index in [9.17, 15) is 0 Å². The van der Waals surface area contributed by atoms with Gasteiger partial charge in [0.1, 0.15) is 0 Å². The molecule has 0 aromatic carbocycles. The van der Waals surface area contributed by atoms with E-state index in [1.54, 1.807) is 0 Å². The van der Waals surface area contributed by atoms with Crippen LogP contribution in [0.5, 0.6) is 0 Å². The van der Waals surface area contributed by atoms with E-state index in [0.717, 1.165) is 0 Å². The highest BCUT2D eigenvalue weighted by Gasteiger charge is 2.44. The predicted octanol–water partition coefficient (Wildman–Crippen LogP) is 4.67. The number of rotatable bonds is 2. The van der Waals surface area contributed by atoms with Crippen LogP contribution in [0, 0.1) is 10.8 Å². The van der Waals surface area contributed by atoms with Crippen molar-refractivity contribution >= 4 is 0 Å². The summed E-state index contributed by atoms with van der Waals surface area (Å²) in [5.41, 5.74) is 4.04. The monoisotopic (exact) mass is 202 g/mol. The average molecular weight is 202 g/mol. The molecule has 0 nitrogen and oxygen atoms in total. The first-order valence-electron chi connectivity index (χ1n) is 5.50. The zero-order chi connectivity index (χ0) is 11.9. The maximum absolute atomic E-state index is 4.27. The summed E-state index contributed by atoms with van der Waals surface area (Å²) in [6, 6.07) is 0. The number of allylic oxidation sites excluding steroid dienone is 6. The summed E-state index contributed by atoms with van der Waals surface area (Å²) in [4.78, 5) is 0. The lowest BCUT2D eigenvalue weighted by Gasteiger charge is -2.29. The van der Waals surface area contributed by atoms with Gasteiger partial charge in [-0.15, -0.1) is 0 Å². The molecule has 0 heteroatoms. The second-order valence-corrected chi connectivity index (χ2v) is 5.26. The van der Waals surface area contributed by atoms with Gasteiger partial charge in [0.25, 0.3) is 0 Å². The molecule has 0 fully saturated rings. The van der Waals surface area contributed by atoms with Gasteiger partial charge < -0.3 is 0 Å². The van der Waals surface area contributed by atoms with Gasteiger partial charge in [0.2, 0.25) is 0 Å². The van der Waals surface area contributed by atoms with Crippen LogP contribution in [0.2, 0.25) is 0 Å². The topological polar surface area (TPSA) is 0 Å². The third-order valence-electron chi connectivity index (χ3n) is 3.68. The van der Waals surface area contributed by atoms with Crippen molar-refractivity contribution in [2.45, 2.75) is 34.6 Å². The summed E-state index contributed by atoms with van der Waals surface area (Å²) in [6.07, 6.45) is 6.27. The smallest absolute Gasteiger partial charge is 0.0114 e. The van der Waals surface area contributed by atoms with E-state index in [-0.39, 0.29) is 10.8 Å². The normalized spacial score (nSPS) is 23.9. The van der Waals surface area contributed by atoms with Crippen LogP contribution < -0.4 is 0 Å². The summed E-state index contributed by atoms with van der Waals surface area (Å²) in [5, 5.41) is 0. The number of hydrogen-bond donors (Lipinski definition) is 0. The van der Waals surface area contributed by atoms with Gasteiger partial charge in [-0.1, -0.05) is 64.7 Å². The standard InChI is InChI=1S/C15H22/c1-8-10-13-12(9-2)14(4,5)11(3)15(13,6)7/h8-10H,2-3H2,1,4-7H3/b10-8-. The zero-order valence-corrected chi connectivity index (χ0v) is 10.6.